The first-order valence-corrected chi connectivity index (χ1v) is 10.1. The molecule has 0 unspecified atom stereocenters. The van der Waals surface area contributed by atoms with Gasteiger partial charge in [0.1, 0.15) is 5.00 Å². The lowest BCUT2D eigenvalue weighted by atomic mass is 9.79. The molecule has 2 bridgehead atoms. The minimum Gasteiger partial charge on any atom is -0.481 e. The lowest BCUT2D eigenvalue weighted by molar-refractivity contribution is -0.148. The molecule has 4 atom stereocenters. The predicted molar refractivity (Wildman–Crippen MR) is 98.3 cm³/mol. The topological polar surface area (TPSA) is 92.7 Å². The van der Waals surface area contributed by atoms with Crippen molar-refractivity contribution in [3.8, 4) is 0 Å². The highest BCUT2D eigenvalue weighted by molar-refractivity contribution is 7.16. The van der Waals surface area contributed by atoms with E-state index >= 15 is 0 Å². The molecule has 142 valence electrons. The monoisotopic (exact) mass is 379 g/mol. The molecule has 1 aromatic rings. The SMILES string of the molecule is CCCc1cc(C(=O)OCC)c(NC(=O)[C@H]2[C@H]3CC[C@@H](C3)[C@@H]2C(=O)O)s1. The number of fused-ring (bicyclic) bond motifs is 2. The van der Waals surface area contributed by atoms with E-state index in [4.69, 9.17) is 4.74 Å². The summed E-state index contributed by atoms with van der Waals surface area (Å²) in [4.78, 5) is 37.8. The molecular formula is C19H25NO5S. The predicted octanol–water partition coefficient (Wildman–Crippen LogP) is 3.56. The molecule has 2 fully saturated rings. The Morgan fingerprint density at radius 3 is 2.54 bits per heavy atom. The molecule has 1 heterocycles. The number of carboxylic acids is 1. The average Bonchev–Trinajstić information content (AvgIpc) is 3.29. The van der Waals surface area contributed by atoms with Gasteiger partial charge in [-0.2, -0.15) is 0 Å². The minimum atomic E-state index is -0.888. The van der Waals surface area contributed by atoms with Crippen LogP contribution in [0.25, 0.3) is 0 Å². The average molecular weight is 379 g/mol. The quantitative estimate of drug-likeness (QED) is 0.707. The summed E-state index contributed by atoms with van der Waals surface area (Å²) < 4.78 is 5.10. The van der Waals surface area contributed by atoms with Crippen LogP contribution in [0.1, 0.15) is 54.8 Å². The standard InChI is InChI=1S/C19H25NO5S/c1-3-5-12-9-13(19(24)25-4-2)17(26-12)20-16(21)14-10-6-7-11(8-10)15(14)18(22)23/h9-11,14-15H,3-8H2,1-2H3,(H,20,21)(H,22,23)/t10-,11-,14-,15-/m0/s1. The highest BCUT2D eigenvalue weighted by Gasteiger charge is 2.54. The summed E-state index contributed by atoms with van der Waals surface area (Å²) in [5.41, 5.74) is 0.365. The lowest BCUT2D eigenvalue weighted by Gasteiger charge is -2.26. The number of ether oxygens (including phenoxy) is 1. The van der Waals surface area contributed by atoms with Gasteiger partial charge in [0.15, 0.2) is 0 Å². The van der Waals surface area contributed by atoms with Crippen LogP contribution in [0.2, 0.25) is 0 Å². The number of amides is 1. The van der Waals surface area contributed by atoms with Crippen LogP contribution in [-0.2, 0) is 20.7 Å². The van der Waals surface area contributed by atoms with Crippen LogP contribution in [0.3, 0.4) is 0 Å². The van der Waals surface area contributed by atoms with Crippen molar-refractivity contribution in [3.05, 3.63) is 16.5 Å². The van der Waals surface area contributed by atoms with E-state index in [2.05, 4.69) is 12.2 Å². The number of nitrogens with one attached hydrogen (secondary N) is 1. The van der Waals surface area contributed by atoms with E-state index in [1.54, 1.807) is 13.0 Å². The largest absolute Gasteiger partial charge is 0.481 e. The van der Waals surface area contributed by atoms with E-state index < -0.39 is 23.8 Å². The molecule has 0 spiro atoms. The zero-order chi connectivity index (χ0) is 18.8. The summed E-state index contributed by atoms with van der Waals surface area (Å²) in [5, 5.41) is 12.9. The number of thiophene rings is 1. The van der Waals surface area contributed by atoms with Crippen molar-refractivity contribution in [2.24, 2.45) is 23.7 Å². The Balaban J connectivity index is 1.82. The number of rotatable bonds is 7. The fraction of sp³-hybridized carbons (Fsp3) is 0.632. The van der Waals surface area contributed by atoms with Gasteiger partial charge in [0, 0.05) is 4.88 Å². The molecule has 1 amide bonds. The van der Waals surface area contributed by atoms with Crippen molar-refractivity contribution >= 4 is 34.2 Å². The van der Waals surface area contributed by atoms with E-state index in [0.717, 1.165) is 37.0 Å². The third-order valence-corrected chi connectivity index (χ3v) is 6.63. The van der Waals surface area contributed by atoms with Crippen LogP contribution in [0.5, 0.6) is 0 Å². The fourth-order valence-corrected chi connectivity index (χ4v) is 5.63. The Morgan fingerprint density at radius 2 is 1.92 bits per heavy atom. The lowest BCUT2D eigenvalue weighted by Crippen LogP contribution is -2.37. The number of esters is 1. The summed E-state index contributed by atoms with van der Waals surface area (Å²) in [7, 11) is 0. The first kappa shape index (κ1) is 18.9. The second kappa shape index (κ2) is 7.78. The van der Waals surface area contributed by atoms with Gasteiger partial charge >= 0.3 is 11.9 Å². The van der Waals surface area contributed by atoms with Crippen LogP contribution in [0, 0.1) is 23.7 Å². The minimum absolute atomic E-state index is 0.0942. The highest BCUT2D eigenvalue weighted by atomic mass is 32.1. The molecule has 26 heavy (non-hydrogen) atoms. The van der Waals surface area contributed by atoms with E-state index in [1.165, 1.54) is 11.3 Å². The Hall–Kier alpha value is -1.89. The molecule has 2 aliphatic carbocycles. The van der Waals surface area contributed by atoms with Crippen LogP contribution in [0.4, 0.5) is 5.00 Å². The molecule has 6 nitrogen and oxygen atoms in total. The molecule has 1 aromatic heterocycles. The molecule has 7 heteroatoms. The summed E-state index contributed by atoms with van der Waals surface area (Å²) in [6.45, 7) is 4.05. The summed E-state index contributed by atoms with van der Waals surface area (Å²) in [5.74, 6) is -2.53. The number of aliphatic carboxylic acids is 1. The van der Waals surface area contributed by atoms with Gasteiger partial charge in [-0.05, 0) is 50.5 Å². The van der Waals surface area contributed by atoms with Gasteiger partial charge in [0.2, 0.25) is 5.91 Å². The maximum atomic E-state index is 12.9. The van der Waals surface area contributed by atoms with Gasteiger partial charge in [-0.1, -0.05) is 13.3 Å². The van der Waals surface area contributed by atoms with E-state index in [0.29, 0.717) is 10.6 Å². The van der Waals surface area contributed by atoms with Crippen LogP contribution >= 0.6 is 11.3 Å². The van der Waals surface area contributed by atoms with Crippen molar-refractivity contribution in [1.82, 2.24) is 0 Å². The van der Waals surface area contributed by atoms with E-state index in [9.17, 15) is 19.5 Å². The molecule has 0 aromatic carbocycles. The summed E-state index contributed by atoms with van der Waals surface area (Å²) >= 11 is 1.37. The Labute approximate surface area is 156 Å². The van der Waals surface area contributed by atoms with Crippen molar-refractivity contribution in [3.63, 3.8) is 0 Å². The van der Waals surface area contributed by atoms with Crippen molar-refractivity contribution in [2.45, 2.75) is 46.0 Å². The number of carbonyl (C=O) groups excluding carboxylic acids is 2. The first-order chi connectivity index (χ1) is 12.5. The van der Waals surface area contributed by atoms with Gasteiger partial charge < -0.3 is 15.2 Å². The van der Waals surface area contributed by atoms with Crippen LogP contribution in [-0.4, -0.2) is 29.6 Å². The smallest absolute Gasteiger partial charge is 0.341 e. The highest BCUT2D eigenvalue weighted by Crippen LogP contribution is 2.52. The maximum absolute atomic E-state index is 12.9. The van der Waals surface area contributed by atoms with Gasteiger partial charge in [-0.25, -0.2) is 4.79 Å². The molecule has 0 aliphatic heterocycles. The van der Waals surface area contributed by atoms with Crippen LogP contribution in [0.15, 0.2) is 6.07 Å². The summed E-state index contributed by atoms with van der Waals surface area (Å²) in [6, 6.07) is 1.78. The molecule has 3 rings (SSSR count). The van der Waals surface area contributed by atoms with Crippen molar-refractivity contribution in [1.29, 1.82) is 0 Å². The zero-order valence-electron chi connectivity index (χ0n) is 15.1. The first-order valence-electron chi connectivity index (χ1n) is 9.29. The molecule has 2 N–H and O–H groups in total. The Bertz CT molecular complexity index is 713. The van der Waals surface area contributed by atoms with E-state index in [-0.39, 0.29) is 24.3 Å². The van der Waals surface area contributed by atoms with Gasteiger partial charge in [0.25, 0.3) is 0 Å². The van der Waals surface area contributed by atoms with Gasteiger partial charge in [-0.3, -0.25) is 9.59 Å². The van der Waals surface area contributed by atoms with Gasteiger partial charge in [-0.15, -0.1) is 11.3 Å². The number of anilines is 1. The number of carbonyl (C=O) groups is 3. The molecule has 0 saturated heterocycles. The maximum Gasteiger partial charge on any atom is 0.341 e. The van der Waals surface area contributed by atoms with Crippen LogP contribution < -0.4 is 5.32 Å². The second-order valence-electron chi connectivity index (χ2n) is 7.14. The normalized spacial score (nSPS) is 26.7. The Kier molecular flexibility index (Phi) is 5.65. The fourth-order valence-electron chi connectivity index (χ4n) is 4.48. The van der Waals surface area contributed by atoms with E-state index in [1.807, 2.05) is 0 Å². The van der Waals surface area contributed by atoms with Crippen molar-refractivity contribution in [2.75, 3.05) is 11.9 Å². The van der Waals surface area contributed by atoms with Crippen molar-refractivity contribution < 1.29 is 24.2 Å². The number of hydrogen-bond acceptors (Lipinski definition) is 5. The molecular weight excluding hydrogens is 354 g/mol. The molecule has 0 radical (unpaired) electrons. The number of hydrogen-bond donors (Lipinski definition) is 2. The number of carboxylic acid groups (broad SMARTS) is 1. The Morgan fingerprint density at radius 1 is 1.23 bits per heavy atom. The number of aryl methyl sites for hydroxylation is 1. The zero-order valence-corrected chi connectivity index (χ0v) is 15.9. The third kappa shape index (κ3) is 3.49. The summed E-state index contributed by atoms with van der Waals surface area (Å²) in [6.07, 6.45) is 4.36. The molecule has 2 aliphatic rings. The third-order valence-electron chi connectivity index (χ3n) is 5.52. The molecule has 2 saturated carbocycles. The second-order valence-corrected chi connectivity index (χ2v) is 8.27. The van der Waals surface area contributed by atoms with Gasteiger partial charge in [0.05, 0.1) is 24.0 Å².